The van der Waals surface area contributed by atoms with E-state index in [1.165, 1.54) is 0 Å². The van der Waals surface area contributed by atoms with Gasteiger partial charge in [0.15, 0.2) is 23.0 Å². The summed E-state index contributed by atoms with van der Waals surface area (Å²) in [4.78, 5) is 24.7. The van der Waals surface area contributed by atoms with Crippen molar-refractivity contribution >= 4 is 42.2 Å². The van der Waals surface area contributed by atoms with E-state index in [4.69, 9.17) is 18.9 Å². The smallest absolute Gasteiger partial charge is 0.471 e. The van der Waals surface area contributed by atoms with E-state index in [0.717, 1.165) is 148 Å². The number of ether oxygens (including phenoxy) is 4. The number of halogens is 10. The van der Waals surface area contributed by atoms with Crippen LogP contribution in [-0.4, -0.2) is 69.0 Å². The number of hydrogen-bond acceptors (Lipinski definition) is 10. The summed E-state index contributed by atoms with van der Waals surface area (Å²) >= 11 is 0. The third-order valence-corrected chi connectivity index (χ3v) is 26.3. The Labute approximate surface area is 423 Å². The third kappa shape index (κ3) is 8.74. The largest absolute Gasteiger partial charge is 0.493 e. The van der Waals surface area contributed by atoms with E-state index in [9.17, 15) is 52.8 Å². The normalized spacial score (nSPS) is 29.0. The van der Waals surface area contributed by atoms with Crippen LogP contribution in [0.25, 0.3) is 0 Å². The molecule has 0 saturated heterocycles. The quantitative estimate of drug-likeness (QED) is 0.0773. The number of sulfonamides is 2. The Hall–Kier alpha value is -4.29. The summed E-state index contributed by atoms with van der Waals surface area (Å²) in [7, 11) is -20.8. The molecule has 8 fully saturated rings. The standard InChI is InChI=1S/C50H55F10NO10S3/c1-28-39(12-10-37(43(28)68-3)70-41(62)26-45-20-30-14-31(21-45)16-32(15-30)22-45)72(36-8-6-5-7-9-36,61(73(64,65)49(57,58)47(51,52)53)74(66,67)50(59,60)48(54,55)56)40-13-11-38(44(69-4)29(40)2)71-42(63)27-46-23-33-17-34(24-46)19-35(18-33)25-46/h5-13,30-35H,14-27H2,1-4H3. The number of hydrogen-bond donors (Lipinski definition) is 0. The number of benzene rings is 3. The van der Waals surface area contributed by atoms with Gasteiger partial charge in [-0.3, -0.25) is 9.59 Å². The number of alkyl halides is 10. The lowest BCUT2D eigenvalue weighted by Gasteiger charge is -2.56. The van der Waals surface area contributed by atoms with Crippen molar-refractivity contribution in [1.29, 1.82) is 0 Å². The van der Waals surface area contributed by atoms with Gasteiger partial charge >= 0.3 is 54.8 Å². The summed E-state index contributed by atoms with van der Waals surface area (Å²) in [6, 6.07) is 7.56. The van der Waals surface area contributed by atoms with E-state index >= 15 is 17.6 Å². The van der Waals surface area contributed by atoms with E-state index in [1.54, 1.807) is 0 Å². The summed E-state index contributed by atoms with van der Waals surface area (Å²) in [5, 5.41) is -14.8. The van der Waals surface area contributed by atoms with Crippen molar-refractivity contribution in [3.8, 4) is 23.0 Å². The number of rotatable bonds is 16. The van der Waals surface area contributed by atoms with Crippen LogP contribution < -0.4 is 18.9 Å². The van der Waals surface area contributed by atoms with Gasteiger partial charge in [0.2, 0.25) is 0 Å². The fraction of sp³-hybridized carbons (Fsp3) is 0.600. The first kappa shape index (κ1) is 54.5. The summed E-state index contributed by atoms with van der Waals surface area (Å²) < 4.78 is 231. The Morgan fingerprint density at radius 2 is 0.838 bits per heavy atom. The highest BCUT2D eigenvalue weighted by Crippen LogP contribution is 2.77. The van der Waals surface area contributed by atoms with E-state index in [0.29, 0.717) is 47.6 Å². The Morgan fingerprint density at radius 3 is 1.12 bits per heavy atom. The second-order valence-electron chi connectivity index (χ2n) is 21.7. The second-order valence-corrected chi connectivity index (χ2v) is 28.9. The van der Waals surface area contributed by atoms with Gasteiger partial charge in [0, 0.05) is 25.8 Å². The van der Waals surface area contributed by atoms with Crippen LogP contribution in [0.4, 0.5) is 43.9 Å². The molecule has 24 heteroatoms. The Bertz CT molecular complexity index is 2700. The van der Waals surface area contributed by atoms with Crippen LogP contribution in [-0.2, 0) is 29.6 Å². The lowest BCUT2D eigenvalue weighted by Crippen LogP contribution is -2.59. The van der Waals surface area contributed by atoms with Gasteiger partial charge < -0.3 is 18.9 Å². The molecule has 0 atom stereocenters. The topological polar surface area (TPSA) is 143 Å². The highest BCUT2D eigenvalue weighted by molar-refractivity contribution is 8.41. The maximum atomic E-state index is 16.1. The minimum absolute atomic E-state index is 0.0819. The van der Waals surface area contributed by atoms with E-state index in [-0.39, 0.29) is 12.8 Å². The molecule has 74 heavy (non-hydrogen) atoms. The van der Waals surface area contributed by atoms with Gasteiger partial charge in [0.25, 0.3) is 0 Å². The monoisotopic (exact) mass is 1120 g/mol. The molecule has 8 aliphatic carbocycles. The maximum absolute atomic E-state index is 16.1. The molecule has 0 heterocycles. The van der Waals surface area contributed by atoms with Crippen molar-refractivity contribution in [2.45, 2.75) is 141 Å². The highest BCUT2D eigenvalue weighted by atomic mass is 32.4. The first-order valence-corrected chi connectivity index (χ1v) is 28.7. The van der Waals surface area contributed by atoms with Crippen molar-refractivity contribution < 1.29 is 89.3 Å². The molecule has 0 N–H and O–H groups in total. The Kier molecular flexibility index (Phi) is 13.6. The second kappa shape index (κ2) is 18.4. The van der Waals surface area contributed by atoms with Crippen LogP contribution in [0.1, 0.15) is 101 Å². The molecule has 11 rings (SSSR count). The predicted octanol–water partition coefficient (Wildman–Crippen LogP) is 12.8. The van der Waals surface area contributed by atoms with Gasteiger partial charge in [-0.2, -0.15) is 43.9 Å². The molecule has 3 aromatic carbocycles. The van der Waals surface area contributed by atoms with Gasteiger partial charge in [0.1, 0.15) is 0 Å². The van der Waals surface area contributed by atoms with Crippen molar-refractivity contribution in [3.05, 3.63) is 65.7 Å². The Balaban J connectivity index is 1.27. The average molecular weight is 1120 g/mol. The van der Waals surface area contributed by atoms with Crippen LogP contribution in [0, 0.1) is 60.2 Å². The van der Waals surface area contributed by atoms with Crippen LogP contribution in [0.15, 0.2) is 69.3 Å². The molecule has 408 valence electrons. The molecule has 3 aromatic rings. The lowest BCUT2D eigenvalue weighted by molar-refractivity contribution is -0.243. The highest BCUT2D eigenvalue weighted by Gasteiger charge is 2.79. The summed E-state index contributed by atoms with van der Waals surface area (Å²) in [6.07, 6.45) is -4.22. The number of methoxy groups -OCH3 is 2. The minimum Gasteiger partial charge on any atom is -0.493 e. The minimum atomic E-state index is -8.45. The fourth-order valence-corrected chi connectivity index (χ4v) is 25.0. The molecule has 0 unspecified atom stereocenters. The predicted molar refractivity (Wildman–Crippen MR) is 248 cm³/mol. The van der Waals surface area contributed by atoms with Crippen molar-refractivity contribution in [2.75, 3.05) is 14.2 Å². The number of carbonyl (C=O) groups is 2. The molecule has 0 amide bonds. The first-order valence-electron chi connectivity index (χ1n) is 24.2. The molecular formula is C50H55F10NO10S3. The van der Waals surface area contributed by atoms with Crippen LogP contribution >= 0.6 is 10.2 Å². The van der Waals surface area contributed by atoms with E-state index < -0.39 is 128 Å². The average Bonchev–Trinajstić information content (AvgIpc) is 3.26. The fourth-order valence-electron chi connectivity index (χ4n) is 14.7. The van der Waals surface area contributed by atoms with Crippen LogP contribution in [0.2, 0.25) is 0 Å². The van der Waals surface area contributed by atoms with Crippen LogP contribution in [0.5, 0.6) is 23.0 Å². The number of nitrogens with zero attached hydrogens (tertiary/aromatic N) is 1. The molecular weight excluding hydrogens is 1060 g/mol. The van der Waals surface area contributed by atoms with E-state index in [1.807, 2.05) is 0 Å². The van der Waals surface area contributed by atoms with Crippen molar-refractivity contribution in [1.82, 2.24) is 3.12 Å². The molecule has 8 saturated carbocycles. The summed E-state index contributed by atoms with van der Waals surface area (Å²) in [5.41, 5.74) is -2.14. The van der Waals surface area contributed by atoms with Gasteiger partial charge in [-0.15, -0.1) is 0 Å². The molecule has 0 aliphatic heterocycles. The molecule has 8 aliphatic rings. The number of esters is 2. The molecule has 0 aromatic heterocycles. The number of carbonyl (C=O) groups excluding carboxylic acids is 2. The van der Waals surface area contributed by atoms with Crippen LogP contribution in [0.3, 0.4) is 0 Å². The Morgan fingerprint density at radius 1 is 0.527 bits per heavy atom. The van der Waals surface area contributed by atoms with Gasteiger partial charge in [-0.1, -0.05) is 28.4 Å². The lowest BCUT2D eigenvalue weighted by atomic mass is 9.49. The molecule has 8 bridgehead atoms. The first-order chi connectivity index (χ1) is 34.3. The SMILES string of the molecule is COc1c(OC(=O)CC23CC4CC(CC(C4)C2)C3)ccc(S(c2ccccc2)(c2ccc(OC(=O)CC34CC5CC(CC(C5)C3)C4)c(OC)c2C)N(S(=O)(=O)C(F)(F)C(F)(F)F)S(=O)(=O)C(F)(F)C(F)(F)F)c1C. The van der Waals surface area contributed by atoms with Gasteiger partial charge in [-0.25, -0.2) is 16.8 Å². The van der Waals surface area contributed by atoms with Gasteiger partial charge in [0.05, 0.1) is 27.1 Å². The zero-order valence-electron chi connectivity index (χ0n) is 40.6. The zero-order valence-corrected chi connectivity index (χ0v) is 43.0. The molecule has 0 radical (unpaired) electrons. The third-order valence-electron chi connectivity index (χ3n) is 16.5. The van der Waals surface area contributed by atoms with Crippen molar-refractivity contribution in [2.24, 2.45) is 46.3 Å². The van der Waals surface area contributed by atoms with E-state index in [2.05, 4.69) is 0 Å². The summed E-state index contributed by atoms with van der Waals surface area (Å²) in [6.45, 7) is 1.92. The van der Waals surface area contributed by atoms with Crippen molar-refractivity contribution in [3.63, 3.8) is 0 Å². The van der Waals surface area contributed by atoms with Gasteiger partial charge in [-0.05, 0) is 177 Å². The molecule has 11 nitrogen and oxygen atoms in total. The zero-order chi connectivity index (χ0) is 54.0. The maximum Gasteiger partial charge on any atom is 0.471 e. The summed E-state index contributed by atoms with van der Waals surface area (Å²) in [5.74, 6) is -1.42. The molecule has 0 spiro atoms.